The first-order chi connectivity index (χ1) is 8.93. The predicted molar refractivity (Wildman–Crippen MR) is 76.8 cm³/mol. The number of carbonyl (C=O) groups excluding carboxylic acids is 1. The second-order valence-corrected chi connectivity index (χ2v) is 4.46. The number of aromatic nitrogens is 1. The maximum Gasteiger partial charge on any atom is 0.417 e. The standard InChI is InChI=1S/C12H14F3N3O.2ClH/c13-12(14,15)8-3-4-10(17-7-8)11(19)18-5-1-2-9(18)6-16;;/h3-4,7,9H,1-2,5-6,16H2;2*1H. The zero-order valence-electron chi connectivity index (χ0n) is 11.0. The third-order valence-corrected chi connectivity index (χ3v) is 3.22. The molecule has 1 fully saturated rings. The van der Waals surface area contributed by atoms with Crippen LogP contribution in [-0.4, -0.2) is 34.9 Å². The summed E-state index contributed by atoms with van der Waals surface area (Å²) in [6.07, 6.45) is -2.08. The Kier molecular flexibility index (Phi) is 7.43. The Morgan fingerprint density at radius 1 is 1.38 bits per heavy atom. The molecule has 0 spiro atoms. The van der Waals surface area contributed by atoms with Gasteiger partial charge in [-0.2, -0.15) is 13.2 Å². The lowest BCUT2D eigenvalue weighted by molar-refractivity contribution is -0.137. The number of hydrogen-bond acceptors (Lipinski definition) is 3. The third kappa shape index (κ3) is 4.46. The molecule has 2 N–H and O–H groups in total. The van der Waals surface area contributed by atoms with Gasteiger partial charge in [-0.25, -0.2) is 0 Å². The Hall–Kier alpha value is -1.05. The molecule has 1 unspecified atom stereocenters. The van der Waals surface area contributed by atoms with E-state index in [2.05, 4.69) is 4.98 Å². The van der Waals surface area contributed by atoms with Gasteiger partial charge in [0, 0.05) is 25.3 Å². The topological polar surface area (TPSA) is 59.2 Å². The van der Waals surface area contributed by atoms with Crippen molar-refractivity contribution in [1.82, 2.24) is 9.88 Å². The van der Waals surface area contributed by atoms with E-state index >= 15 is 0 Å². The van der Waals surface area contributed by atoms with E-state index in [-0.39, 0.29) is 42.5 Å². The third-order valence-electron chi connectivity index (χ3n) is 3.22. The summed E-state index contributed by atoms with van der Waals surface area (Å²) in [6, 6.07) is 1.93. The summed E-state index contributed by atoms with van der Waals surface area (Å²) >= 11 is 0. The van der Waals surface area contributed by atoms with E-state index in [0.29, 0.717) is 19.3 Å². The van der Waals surface area contributed by atoms with E-state index in [9.17, 15) is 18.0 Å². The molecule has 1 aliphatic heterocycles. The minimum Gasteiger partial charge on any atom is -0.333 e. The summed E-state index contributed by atoms with van der Waals surface area (Å²) in [5, 5.41) is 0. The number of likely N-dealkylation sites (tertiary alicyclic amines) is 1. The van der Waals surface area contributed by atoms with Crippen molar-refractivity contribution in [2.75, 3.05) is 13.1 Å². The van der Waals surface area contributed by atoms with Gasteiger partial charge in [0.05, 0.1) is 5.56 Å². The first-order valence-corrected chi connectivity index (χ1v) is 5.98. The van der Waals surface area contributed by atoms with Crippen LogP contribution in [0.4, 0.5) is 13.2 Å². The fourth-order valence-corrected chi connectivity index (χ4v) is 2.18. The van der Waals surface area contributed by atoms with Crippen molar-refractivity contribution in [1.29, 1.82) is 0 Å². The van der Waals surface area contributed by atoms with E-state index in [1.165, 1.54) is 0 Å². The highest BCUT2D eigenvalue weighted by Gasteiger charge is 2.32. The Morgan fingerprint density at radius 2 is 2.05 bits per heavy atom. The molecule has 9 heteroatoms. The van der Waals surface area contributed by atoms with Gasteiger partial charge in [-0.15, -0.1) is 24.8 Å². The molecule has 1 aliphatic rings. The number of carbonyl (C=O) groups is 1. The molecular formula is C12H16Cl2F3N3O. The minimum atomic E-state index is -4.44. The summed E-state index contributed by atoms with van der Waals surface area (Å²) < 4.78 is 37.2. The van der Waals surface area contributed by atoms with E-state index in [1.807, 2.05) is 0 Å². The van der Waals surface area contributed by atoms with Gasteiger partial charge >= 0.3 is 6.18 Å². The fraction of sp³-hybridized carbons (Fsp3) is 0.500. The van der Waals surface area contributed by atoms with E-state index in [1.54, 1.807) is 4.90 Å². The number of halogens is 5. The smallest absolute Gasteiger partial charge is 0.333 e. The van der Waals surface area contributed by atoms with E-state index in [4.69, 9.17) is 5.73 Å². The average Bonchev–Trinajstić information content (AvgIpc) is 2.85. The van der Waals surface area contributed by atoms with Crippen molar-refractivity contribution in [2.45, 2.75) is 25.1 Å². The van der Waals surface area contributed by atoms with Gasteiger partial charge in [-0.3, -0.25) is 9.78 Å². The first-order valence-electron chi connectivity index (χ1n) is 5.98. The molecule has 1 atom stereocenters. The van der Waals surface area contributed by atoms with Crippen LogP contribution in [0.25, 0.3) is 0 Å². The molecule has 1 aromatic rings. The zero-order valence-corrected chi connectivity index (χ0v) is 12.6. The number of alkyl halides is 3. The molecule has 1 saturated heterocycles. The zero-order chi connectivity index (χ0) is 14.0. The highest BCUT2D eigenvalue weighted by Crippen LogP contribution is 2.28. The van der Waals surface area contributed by atoms with Gasteiger partial charge in [-0.05, 0) is 25.0 Å². The second-order valence-electron chi connectivity index (χ2n) is 4.46. The van der Waals surface area contributed by atoms with E-state index in [0.717, 1.165) is 25.0 Å². The van der Waals surface area contributed by atoms with Crippen LogP contribution in [0.1, 0.15) is 28.9 Å². The quantitative estimate of drug-likeness (QED) is 0.895. The van der Waals surface area contributed by atoms with Gasteiger partial charge in [0.25, 0.3) is 5.91 Å². The van der Waals surface area contributed by atoms with Crippen LogP contribution < -0.4 is 5.73 Å². The molecule has 4 nitrogen and oxygen atoms in total. The molecular weight excluding hydrogens is 330 g/mol. The van der Waals surface area contributed by atoms with Crippen LogP contribution >= 0.6 is 24.8 Å². The normalized spacial score (nSPS) is 17.9. The van der Waals surface area contributed by atoms with Crippen molar-refractivity contribution in [2.24, 2.45) is 5.73 Å². The molecule has 1 amide bonds. The molecule has 0 bridgehead atoms. The molecule has 0 aliphatic carbocycles. The summed E-state index contributed by atoms with van der Waals surface area (Å²) in [6.45, 7) is 0.926. The molecule has 0 radical (unpaired) electrons. The van der Waals surface area contributed by atoms with Crippen LogP contribution in [0.15, 0.2) is 18.3 Å². The van der Waals surface area contributed by atoms with Crippen LogP contribution in [0.3, 0.4) is 0 Å². The highest BCUT2D eigenvalue weighted by molar-refractivity contribution is 5.92. The molecule has 21 heavy (non-hydrogen) atoms. The van der Waals surface area contributed by atoms with Crippen molar-refractivity contribution in [3.8, 4) is 0 Å². The Bertz CT molecular complexity index is 468. The number of amides is 1. The number of nitrogens with two attached hydrogens (primary N) is 1. The van der Waals surface area contributed by atoms with Gasteiger partial charge in [0.15, 0.2) is 0 Å². The maximum atomic E-state index is 12.4. The molecule has 120 valence electrons. The maximum absolute atomic E-state index is 12.4. The van der Waals surface area contributed by atoms with Gasteiger partial charge in [0.2, 0.25) is 0 Å². The molecule has 1 aromatic heterocycles. The molecule has 0 aromatic carbocycles. The summed E-state index contributed by atoms with van der Waals surface area (Å²) in [5.41, 5.74) is 4.72. The summed E-state index contributed by atoms with van der Waals surface area (Å²) in [7, 11) is 0. The lowest BCUT2D eigenvalue weighted by atomic mass is 10.2. The largest absolute Gasteiger partial charge is 0.417 e. The monoisotopic (exact) mass is 345 g/mol. The van der Waals surface area contributed by atoms with Crippen molar-refractivity contribution >= 4 is 30.7 Å². The number of pyridine rings is 1. The molecule has 0 saturated carbocycles. The molecule has 2 heterocycles. The highest BCUT2D eigenvalue weighted by atomic mass is 35.5. The SMILES string of the molecule is Cl.Cl.NCC1CCCN1C(=O)c1ccc(C(F)(F)F)cn1. The molecule has 2 rings (SSSR count). The Balaban J connectivity index is 0.00000200. The summed E-state index contributed by atoms with van der Waals surface area (Å²) in [5.74, 6) is -0.360. The Morgan fingerprint density at radius 3 is 2.52 bits per heavy atom. The van der Waals surface area contributed by atoms with Crippen molar-refractivity contribution in [3.63, 3.8) is 0 Å². The van der Waals surface area contributed by atoms with E-state index < -0.39 is 11.7 Å². The van der Waals surface area contributed by atoms with Gasteiger partial charge in [-0.1, -0.05) is 0 Å². The fourth-order valence-electron chi connectivity index (χ4n) is 2.18. The first kappa shape index (κ1) is 19.9. The number of nitrogens with zero attached hydrogens (tertiary/aromatic N) is 2. The second kappa shape index (κ2) is 7.82. The van der Waals surface area contributed by atoms with Crippen LogP contribution in [0.2, 0.25) is 0 Å². The van der Waals surface area contributed by atoms with Gasteiger partial charge < -0.3 is 10.6 Å². The Labute approximate surface area is 132 Å². The number of hydrogen-bond donors (Lipinski definition) is 1. The van der Waals surface area contributed by atoms with Crippen molar-refractivity contribution in [3.05, 3.63) is 29.6 Å². The van der Waals surface area contributed by atoms with Crippen molar-refractivity contribution < 1.29 is 18.0 Å². The van der Waals surface area contributed by atoms with Crippen LogP contribution in [-0.2, 0) is 6.18 Å². The lowest BCUT2D eigenvalue weighted by Crippen LogP contribution is -2.40. The van der Waals surface area contributed by atoms with Crippen LogP contribution in [0.5, 0.6) is 0 Å². The minimum absolute atomic E-state index is 0. The van der Waals surface area contributed by atoms with Gasteiger partial charge in [0.1, 0.15) is 5.69 Å². The number of rotatable bonds is 2. The lowest BCUT2D eigenvalue weighted by Gasteiger charge is -2.23. The summed E-state index contributed by atoms with van der Waals surface area (Å²) in [4.78, 5) is 17.3. The predicted octanol–water partition coefficient (Wildman–Crippen LogP) is 2.51. The van der Waals surface area contributed by atoms with Crippen LogP contribution in [0, 0.1) is 0 Å². The average molecular weight is 346 g/mol.